The lowest BCUT2D eigenvalue weighted by atomic mass is 10.0. The summed E-state index contributed by atoms with van der Waals surface area (Å²) in [6, 6.07) is 8.26. The summed E-state index contributed by atoms with van der Waals surface area (Å²) < 4.78 is 22.4. The molecular weight excluding hydrogens is 234 g/mol. The molecule has 1 aromatic rings. The number of hydrogen-bond acceptors (Lipinski definition) is 3. The minimum Gasteiger partial charge on any atom is -0.307 e. The normalized spacial score (nSPS) is 15.5. The Morgan fingerprint density at radius 3 is 2.35 bits per heavy atom. The first-order valence-electron chi connectivity index (χ1n) is 5.79. The van der Waals surface area contributed by atoms with Crippen molar-refractivity contribution in [2.45, 2.75) is 32.9 Å². The molecule has 0 saturated heterocycles. The zero-order valence-electron chi connectivity index (χ0n) is 10.9. The summed E-state index contributed by atoms with van der Waals surface area (Å²) in [6.07, 6.45) is 1.27. The van der Waals surface area contributed by atoms with Crippen LogP contribution in [0.25, 0.3) is 0 Å². The molecule has 0 aliphatic heterocycles. The quantitative estimate of drug-likeness (QED) is 0.876. The molecule has 17 heavy (non-hydrogen) atoms. The molecule has 4 heteroatoms. The highest BCUT2D eigenvalue weighted by molar-refractivity contribution is 7.90. The molecular formula is C13H21NO2S. The van der Waals surface area contributed by atoms with E-state index in [4.69, 9.17) is 0 Å². The summed E-state index contributed by atoms with van der Waals surface area (Å²) in [6.45, 7) is 6.02. The lowest BCUT2D eigenvalue weighted by molar-refractivity contribution is 0.499. The van der Waals surface area contributed by atoms with Crippen LogP contribution in [0.5, 0.6) is 0 Å². The van der Waals surface area contributed by atoms with E-state index >= 15 is 0 Å². The summed E-state index contributed by atoms with van der Waals surface area (Å²) in [4.78, 5) is 0. The fourth-order valence-corrected chi connectivity index (χ4v) is 3.10. The van der Waals surface area contributed by atoms with Crippen LogP contribution in [0.15, 0.2) is 24.3 Å². The van der Waals surface area contributed by atoms with Gasteiger partial charge in [0.15, 0.2) is 0 Å². The summed E-state index contributed by atoms with van der Waals surface area (Å²) >= 11 is 0. The van der Waals surface area contributed by atoms with Gasteiger partial charge in [-0.1, -0.05) is 24.3 Å². The predicted octanol–water partition coefficient (Wildman–Crippen LogP) is 2.08. The Kier molecular flexibility index (Phi) is 4.71. The van der Waals surface area contributed by atoms with Gasteiger partial charge in [-0.15, -0.1) is 0 Å². The smallest absolute Gasteiger partial charge is 0.148 e. The monoisotopic (exact) mass is 255 g/mol. The van der Waals surface area contributed by atoms with Gasteiger partial charge in [0.1, 0.15) is 9.84 Å². The van der Waals surface area contributed by atoms with Gasteiger partial charge >= 0.3 is 0 Å². The van der Waals surface area contributed by atoms with Crippen molar-refractivity contribution >= 4 is 9.84 Å². The summed E-state index contributed by atoms with van der Waals surface area (Å²) in [5, 5.41) is 3.31. The summed E-state index contributed by atoms with van der Waals surface area (Å²) in [5.74, 6) is 0.170. The van der Waals surface area contributed by atoms with Crippen molar-refractivity contribution in [3.05, 3.63) is 35.4 Å². The molecule has 0 aliphatic rings. The third-order valence-corrected chi connectivity index (χ3v) is 3.85. The number of aryl methyl sites for hydroxylation is 1. The average molecular weight is 255 g/mol. The van der Waals surface area contributed by atoms with Gasteiger partial charge in [0, 0.05) is 18.3 Å². The molecule has 0 heterocycles. The first-order valence-corrected chi connectivity index (χ1v) is 7.85. The highest BCUT2D eigenvalue weighted by Gasteiger charge is 2.14. The number of rotatable bonds is 5. The Morgan fingerprint density at radius 2 is 1.82 bits per heavy atom. The van der Waals surface area contributed by atoms with Gasteiger partial charge in [-0.05, 0) is 31.9 Å². The molecule has 0 spiro atoms. The number of benzene rings is 1. The minimum absolute atomic E-state index is 0.0420. The van der Waals surface area contributed by atoms with Crippen LogP contribution in [0.3, 0.4) is 0 Å². The molecule has 0 amide bonds. The van der Waals surface area contributed by atoms with Gasteiger partial charge in [0.25, 0.3) is 0 Å². The molecule has 0 aromatic heterocycles. The maximum absolute atomic E-state index is 11.2. The highest BCUT2D eigenvalue weighted by atomic mass is 32.2. The van der Waals surface area contributed by atoms with Crippen molar-refractivity contribution in [2.75, 3.05) is 12.0 Å². The minimum atomic E-state index is -2.92. The predicted molar refractivity (Wildman–Crippen MR) is 71.9 cm³/mol. The Morgan fingerprint density at radius 1 is 1.24 bits per heavy atom. The fraction of sp³-hybridized carbons (Fsp3) is 0.538. The van der Waals surface area contributed by atoms with Crippen LogP contribution in [0.2, 0.25) is 0 Å². The van der Waals surface area contributed by atoms with Crippen LogP contribution < -0.4 is 5.32 Å². The molecule has 1 aromatic carbocycles. The van der Waals surface area contributed by atoms with Gasteiger partial charge < -0.3 is 5.32 Å². The van der Waals surface area contributed by atoms with Crippen LogP contribution in [-0.4, -0.2) is 26.5 Å². The fourth-order valence-electron chi connectivity index (χ4n) is 2.09. The van der Waals surface area contributed by atoms with Crippen molar-refractivity contribution in [3.8, 4) is 0 Å². The van der Waals surface area contributed by atoms with E-state index in [1.165, 1.54) is 17.4 Å². The van der Waals surface area contributed by atoms with Gasteiger partial charge in [0.2, 0.25) is 0 Å². The molecule has 0 saturated carbocycles. The number of nitrogens with one attached hydrogen (secondary N) is 1. The van der Waals surface area contributed by atoms with Gasteiger partial charge in [-0.3, -0.25) is 0 Å². The Labute approximate surface area is 104 Å². The Balaban J connectivity index is 2.67. The lowest BCUT2D eigenvalue weighted by Gasteiger charge is -2.21. The third kappa shape index (κ3) is 4.88. The van der Waals surface area contributed by atoms with Gasteiger partial charge in [-0.2, -0.15) is 0 Å². The second-order valence-electron chi connectivity index (χ2n) is 4.74. The van der Waals surface area contributed by atoms with Crippen LogP contribution in [0.1, 0.15) is 31.0 Å². The van der Waals surface area contributed by atoms with E-state index in [2.05, 4.69) is 31.3 Å². The lowest BCUT2D eigenvalue weighted by Crippen LogP contribution is -2.34. The van der Waals surface area contributed by atoms with Gasteiger partial charge in [0.05, 0.1) is 5.75 Å². The molecule has 0 aliphatic carbocycles. The Hall–Kier alpha value is -0.870. The number of hydrogen-bond donors (Lipinski definition) is 1. The highest BCUT2D eigenvalue weighted by Crippen LogP contribution is 2.17. The van der Waals surface area contributed by atoms with E-state index in [9.17, 15) is 8.42 Å². The first-order chi connectivity index (χ1) is 7.79. The first kappa shape index (κ1) is 14.2. The summed E-state index contributed by atoms with van der Waals surface area (Å²) in [5.41, 5.74) is 2.44. The molecule has 96 valence electrons. The average Bonchev–Trinajstić information content (AvgIpc) is 2.14. The topological polar surface area (TPSA) is 46.2 Å². The second-order valence-corrected chi connectivity index (χ2v) is 6.92. The van der Waals surface area contributed by atoms with Crippen molar-refractivity contribution < 1.29 is 8.42 Å². The molecule has 2 atom stereocenters. The molecule has 3 nitrogen and oxygen atoms in total. The van der Waals surface area contributed by atoms with E-state index in [1.54, 1.807) is 0 Å². The van der Waals surface area contributed by atoms with Crippen LogP contribution in [0, 0.1) is 6.92 Å². The van der Waals surface area contributed by atoms with Crippen molar-refractivity contribution in [1.29, 1.82) is 0 Å². The van der Waals surface area contributed by atoms with Crippen molar-refractivity contribution in [2.24, 2.45) is 0 Å². The van der Waals surface area contributed by atoms with Crippen LogP contribution in [-0.2, 0) is 9.84 Å². The van der Waals surface area contributed by atoms with E-state index < -0.39 is 9.84 Å². The molecule has 0 fully saturated rings. The molecule has 0 radical (unpaired) electrons. The molecule has 1 N–H and O–H groups in total. The standard InChI is InChI=1S/C13H21NO2S/c1-10-7-5-6-8-13(10)12(3)14-11(2)9-17(4,15)16/h5-8,11-12,14H,9H2,1-4H3/t11?,12-/m1/s1. The SMILES string of the molecule is Cc1ccccc1[C@@H](C)NC(C)CS(C)(=O)=O. The van der Waals surface area contributed by atoms with Crippen molar-refractivity contribution in [3.63, 3.8) is 0 Å². The molecule has 0 bridgehead atoms. The zero-order valence-corrected chi connectivity index (χ0v) is 11.7. The van der Waals surface area contributed by atoms with Crippen LogP contribution in [0.4, 0.5) is 0 Å². The maximum atomic E-state index is 11.2. The van der Waals surface area contributed by atoms with E-state index in [-0.39, 0.29) is 17.8 Å². The van der Waals surface area contributed by atoms with E-state index in [0.29, 0.717) is 0 Å². The Bertz CT molecular complexity index is 468. The maximum Gasteiger partial charge on any atom is 0.148 e. The third-order valence-electron chi connectivity index (χ3n) is 2.74. The van der Waals surface area contributed by atoms with Gasteiger partial charge in [-0.25, -0.2) is 8.42 Å². The van der Waals surface area contributed by atoms with E-state index in [0.717, 1.165) is 0 Å². The molecule has 1 rings (SSSR count). The summed E-state index contributed by atoms with van der Waals surface area (Å²) in [7, 11) is -2.92. The second kappa shape index (κ2) is 5.65. The van der Waals surface area contributed by atoms with E-state index in [1.807, 2.05) is 19.1 Å². The number of sulfone groups is 1. The molecule has 1 unspecified atom stereocenters. The van der Waals surface area contributed by atoms with Crippen molar-refractivity contribution in [1.82, 2.24) is 5.32 Å². The zero-order chi connectivity index (χ0) is 13.1. The van der Waals surface area contributed by atoms with Crippen LogP contribution >= 0.6 is 0 Å². The largest absolute Gasteiger partial charge is 0.307 e.